The first-order valence-corrected chi connectivity index (χ1v) is 5.21. The molecule has 68 valence electrons. The summed E-state index contributed by atoms with van der Waals surface area (Å²) in [4.78, 5) is 11.4. The van der Waals surface area contributed by atoms with Crippen molar-refractivity contribution >= 4 is 17.5 Å². The minimum Gasteiger partial charge on any atom is -0.324 e. The molecule has 0 saturated carbocycles. The van der Waals surface area contributed by atoms with Crippen LogP contribution in [0.2, 0.25) is 0 Å². The van der Waals surface area contributed by atoms with Crippen LogP contribution in [0.5, 0.6) is 0 Å². The minimum atomic E-state index is 0.0616. The molecule has 13 heavy (non-hydrogen) atoms. The summed E-state index contributed by atoms with van der Waals surface area (Å²) in [5.41, 5.74) is 6.20. The highest BCUT2D eigenvalue weighted by Crippen LogP contribution is 2.37. The summed E-state index contributed by atoms with van der Waals surface area (Å²) in [6.45, 7) is 0.112. The van der Waals surface area contributed by atoms with Crippen molar-refractivity contribution in [2.45, 2.75) is 5.25 Å². The Morgan fingerprint density at radius 3 is 3.15 bits per heavy atom. The van der Waals surface area contributed by atoms with Crippen LogP contribution in [0.15, 0.2) is 35.3 Å². The van der Waals surface area contributed by atoms with E-state index in [4.69, 9.17) is 5.73 Å². The average molecular weight is 193 g/mol. The van der Waals surface area contributed by atoms with E-state index in [9.17, 15) is 4.79 Å². The van der Waals surface area contributed by atoms with Gasteiger partial charge in [-0.1, -0.05) is 24.3 Å². The third-order valence-electron chi connectivity index (χ3n) is 2.32. The van der Waals surface area contributed by atoms with Crippen molar-refractivity contribution in [3.8, 4) is 0 Å². The van der Waals surface area contributed by atoms with E-state index in [-0.39, 0.29) is 18.2 Å². The number of hydrogen-bond acceptors (Lipinski definition) is 3. The van der Waals surface area contributed by atoms with Gasteiger partial charge in [-0.15, -0.1) is 11.8 Å². The predicted molar refractivity (Wildman–Crippen MR) is 55.3 cm³/mol. The topological polar surface area (TPSA) is 43.1 Å². The molecule has 1 aliphatic carbocycles. The SMILES string of the molecule is NCC(=O)C1=CC=CC2SC=CC12. The molecule has 1 heterocycles. The molecule has 1 aliphatic heterocycles. The maximum atomic E-state index is 11.4. The summed E-state index contributed by atoms with van der Waals surface area (Å²) in [5.74, 6) is 0.317. The minimum absolute atomic E-state index is 0.0616. The number of Topliss-reactive ketones (excluding diaryl/α,β-unsaturated/α-hetero) is 1. The number of thioether (sulfide) groups is 1. The third kappa shape index (κ3) is 1.49. The smallest absolute Gasteiger partial charge is 0.173 e. The maximum absolute atomic E-state index is 11.4. The van der Waals surface area contributed by atoms with Crippen molar-refractivity contribution < 1.29 is 4.79 Å². The number of hydrogen-bond donors (Lipinski definition) is 1. The summed E-state index contributed by atoms with van der Waals surface area (Å²) in [7, 11) is 0. The molecule has 0 bridgehead atoms. The van der Waals surface area contributed by atoms with Gasteiger partial charge < -0.3 is 5.73 Å². The number of carbonyl (C=O) groups excluding carboxylic acids is 1. The van der Waals surface area contributed by atoms with Gasteiger partial charge in [0.05, 0.1) is 6.54 Å². The number of carbonyl (C=O) groups is 1. The van der Waals surface area contributed by atoms with Gasteiger partial charge in [0.2, 0.25) is 0 Å². The monoisotopic (exact) mass is 193 g/mol. The summed E-state index contributed by atoms with van der Waals surface area (Å²) in [6, 6.07) is 0. The zero-order valence-corrected chi connectivity index (χ0v) is 7.96. The van der Waals surface area contributed by atoms with Gasteiger partial charge in [-0.25, -0.2) is 0 Å². The molecule has 0 amide bonds. The number of nitrogens with two attached hydrogens (primary N) is 1. The summed E-state index contributed by atoms with van der Waals surface area (Å²) < 4.78 is 0. The summed E-state index contributed by atoms with van der Waals surface area (Å²) in [5, 5.41) is 2.47. The second kappa shape index (κ2) is 3.52. The fourth-order valence-corrected chi connectivity index (χ4v) is 2.67. The Morgan fingerprint density at radius 2 is 2.38 bits per heavy atom. The molecule has 2 atom stereocenters. The lowest BCUT2D eigenvalue weighted by Crippen LogP contribution is -2.25. The molecule has 2 aliphatic rings. The molecule has 0 aromatic rings. The van der Waals surface area contributed by atoms with Gasteiger partial charge in [0.15, 0.2) is 5.78 Å². The van der Waals surface area contributed by atoms with Gasteiger partial charge in [-0.3, -0.25) is 4.79 Å². The van der Waals surface area contributed by atoms with Gasteiger partial charge in [0.1, 0.15) is 0 Å². The van der Waals surface area contributed by atoms with E-state index >= 15 is 0 Å². The first-order chi connectivity index (χ1) is 6.33. The van der Waals surface area contributed by atoms with E-state index in [1.54, 1.807) is 11.8 Å². The second-order valence-electron chi connectivity index (χ2n) is 3.09. The standard InChI is InChI=1S/C10H11NOS/c11-6-9(12)7-2-1-3-10-8(7)4-5-13-10/h1-5,8,10H,6,11H2. The molecule has 0 radical (unpaired) electrons. The van der Waals surface area contributed by atoms with Crippen LogP contribution in [0.3, 0.4) is 0 Å². The van der Waals surface area contributed by atoms with Crippen LogP contribution in [0.25, 0.3) is 0 Å². The fraction of sp³-hybridized carbons (Fsp3) is 0.300. The lowest BCUT2D eigenvalue weighted by molar-refractivity contribution is -0.114. The van der Waals surface area contributed by atoms with Crippen LogP contribution in [-0.2, 0) is 4.79 Å². The van der Waals surface area contributed by atoms with Gasteiger partial charge in [0, 0.05) is 16.7 Å². The maximum Gasteiger partial charge on any atom is 0.173 e. The molecule has 0 aromatic carbocycles. The lowest BCUT2D eigenvalue weighted by atomic mass is 9.88. The van der Waals surface area contributed by atoms with Gasteiger partial charge in [-0.2, -0.15) is 0 Å². The molecule has 3 heteroatoms. The van der Waals surface area contributed by atoms with E-state index in [1.807, 2.05) is 12.2 Å². The van der Waals surface area contributed by atoms with E-state index in [0.717, 1.165) is 5.57 Å². The highest BCUT2D eigenvalue weighted by atomic mass is 32.2. The van der Waals surface area contributed by atoms with Crippen LogP contribution < -0.4 is 5.73 Å². The Morgan fingerprint density at radius 1 is 1.54 bits per heavy atom. The van der Waals surface area contributed by atoms with Crippen molar-refractivity contribution in [3.63, 3.8) is 0 Å². The highest BCUT2D eigenvalue weighted by molar-refractivity contribution is 8.03. The Kier molecular flexibility index (Phi) is 2.38. The first kappa shape index (κ1) is 8.78. The quantitative estimate of drug-likeness (QED) is 0.718. The highest BCUT2D eigenvalue weighted by Gasteiger charge is 2.29. The number of ketones is 1. The number of rotatable bonds is 2. The normalized spacial score (nSPS) is 30.1. The second-order valence-corrected chi connectivity index (χ2v) is 4.18. The predicted octanol–water partition coefficient (Wildman–Crippen LogP) is 1.26. The molecule has 2 unspecified atom stereocenters. The van der Waals surface area contributed by atoms with Crippen molar-refractivity contribution in [2.24, 2.45) is 11.7 Å². The molecular formula is C10H11NOS. The number of fused-ring (bicyclic) bond motifs is 1. The van der Waals surface area contributed by atoms with E-state index < -0.39 is 0 Å². The zero-order chi connectivity index (χ0) is 9.26. The van der Waals surface area contributed by atoms with Crippen LogP contribution in [0.4, 0.5) is 0 Å². The molecule has 2 N–H and O–H groups in total. The van der Waals surface area contributed by atoms with Crippen LogP contribution in [0, 0.1) is 5.92 Å². The average Bonchev–Trinajstić information content (AvgIpc) is 2.63. The van der Waals surface area contributed by atoms with Crippen molar-refractivity contribution in [1.29, 1.82) is 0 Å². The van der Waals surface area contributed by atoms with Crippen molar-refractivity contribution in [1.82, 2.24) is 0 Å². The van der Waals surface area contributed by atoms with Crippen LogP contribution in [-0.4, -0.2) is 17.6 Å². The summed E-state index contributed by atoms with van der Waals surface area (Å²) in [6.07, 6.45) is 8.04. The van der Waals surface area contributed by atoms with E-state index in [1.165, 1.54) is 0 Å². The van der Waals surface area contributed by atoms with E-state index in [2.05, 4.69) is 17.6 Å². The Hall–Kier alpha value is -0.800. The van der Waals surface area contributed by atoms with Gasteiger partial charge >= 0.3 is 0 Å². The third-order valence-corrected chi connectivity index (χ3v) is 3.40. The lowest BCUT2D eigenvalue weighted by Gasteiger charge is -2.20. The number of allylic oxidation sites excluding steroid dienone is 3. The molecule has 0 saturated heterocycles. The first-order valence-electron chi connectivity index (χ1n) is 4.26. The molecular weight excluding hydrogens is 182 g/mol. The summed E-state index contributed by atoms with van der Waals surface area (Å²) >= 11 is 1.76. The zero-order valence-electron chi connectivity index (χ0n) is 7.14. The van der Waals surface area contributed by atoms with E-state index in [0.29, 0.717) is 5.25 Å². The Balaban J connectivity index is 2.26. The van der Waals surface area contributed by atoms with Crippen LogP contribution >= 0.6 is 11.8 Å². The fourth-order valence-electron chi connectivity index (χ4n) is 1.64. The van der Waals surface area contributed by atoms with Crippen molar-refractivity contribution in [2.75, 3.05) is 6.54 Å². The van der Waals surface area contributed by atoms with Gasteiger partial charge in [-0.05, 0) is 5.41 Å². The molecule has 0 aromatic heterocycles. The Labute approximate surface area is 81.6 Å². The molecule has 2 rings (SSSR count). The molecule has 2 nitrogen and oxygen atoms in total. The Bertz CT molecular complexity index is 317. The van der Waals surface area contributed by atoms with Crippen molar-refractivity contribution in [3.05, 3.63) is 35.3 Å². The molecule has 0 spiro atoms. The van der Waals surface area contributed by atoms with Crippen LogP contribution in [0.1, 0.15) is 0 Å². The van der Waals surface area contributed by atoms with Gasteiger partial charge in [0.25, 0.3) is 0 Å². The molecule has 0 fully saturated rings. The largest absolute Gasteiger partial charge is 0.324 e.